The molecule has 0 aromatic rings. The Kier molecular flexibility index (Phi) is 4.29. The minimum Gasteiger partial charge on any atom is -0.312 e. The Morgan fingerprint density at radius 2 is 1.79 bits per heavy atom. The summed E-state index contributed by atoms with van der Waals surface area (Å²) in [5.41, 5.74) is 0.110. The van der Waals surface area contributed by atoms with Gasteiger partial charge in [-0.3, -0.25) is 0 Å². The Balaban J connectivity index is 1.85. The summed E-state index contributed by atoms with van der Waals surface area (Å²) in [6, 6.07) is 0.591. The summed E-state index contributed by atoms with van der Waals surface area (Å²) in [5.74, 6) is 0. The highest BCUT2D eigenvalue weighted by Crippen LogP contribution is 2.51. The molecule has 2 N–H and O–H groups in total. The van der Waals surface area contributed by atoms with E-state index in [4.69, 9.17) is 0 Å². The molecule has 1 atom stereocenters. The van der Waals surface area contributed by atoms with E-state index in [1.54, 1.807) is 0 Å². The predicted molar refractivity (Wildman–Crippen MR) is 78.6 cm³/mol. The monoisotopic (exact) mass is 288 g/mol. The van der Waals surface area contributed by atoms with Crippen LogP contribution in [-0.2, 0) is 10.0 Å². The molecule has 0 radical (unpaired) electrons. The van der Waals surface area contributed by atoms with Crippen molar-refractivity contribution in [2.24, 2.45) is 5.41 Å². The summed E-state index contributed by atoms with van der Waals surface area (Å²) in [6.45, 7) is 4.58. The molecule has 2 aliphatic rings. The molecule has 4 nitrogen and oxygen atoms in total. The quantitative estimate of drug-likeness (QED) is 0.813. The van der Waals surface area contributed by atoms with Gasteiger partial charge in [0.25, 0.3) is 0 Å². The second kappa shape index (κ2) is 5.34. The minimum atomic E-state index is -3.14. The van der Waals surface area contributed by atoms with Crippen LogP contribution in [0.2, 0.25) is 0 Å². The molecule has 5 heteroatoms. The smallest absolute Gasteiger partial charge is 0.209 e. The first-order valence-corrected chi connectivity index (χ1v) is 9.34. The van der Waals surface area contributed by atoms with Gasteiger partial charge in [-0.15, -0.1) is 0 Å². The maximum absolute atomic E-state index is 11.3. The van der Waals surface area contributed by atoms with Gasteiger partial charge in [0.05, 0.1) is 6.26 Å². The molecule has 2 aliphatic carbocycles. The lowest BCUT2D eigenvalue weighted by Gasteiger charge is -2.53. The van der Waals surface area contributed by atoms with Gasteiger partial charge in [0.2, 0.25) is 10.0 Å². The van der Waals surface area contributed by atoms with Crippen molar-refractivity contribution in [3.05, 3.63) is 0 Å². The van der Waals surface area contributed by atoms with E-state index in [2.05, 4.69) is 10.0 Å². The standard InChI is InChI=1S/C14H28N2O2S/c1-13(2,16-19(3,17)18)11-15-12-7-10-14(12)8-5-4-6-9-14/h12,15-16H,4-11H2,1-3H3. The molecule has 2 rings (SSSR count). The van der Waals surface area contributed by atoms with Gasteiger partial charge in [-0.05, 0) is 44.9 Å². The van der Waals surface area contributed by atoms with Crippen molar-refractivity contribution in [1.29, 1.82) is 0 Å². The average molecular weight is 288 g/mol. The van der Waals surface area contributed by atoms with Crippen molar-refractivity contribution in [2.45, 2.75) is 70.4 Å². The average Bonchev–Trinajstić information content (AvgIpc) is 2.25. The molecule has 2 fully saturated rings. The molecule has 0 aromatic heterocycles. The number of sulfonamides is 1. The maximum atomic E-state index is 11.3. The van der Waals surface area contributed by atoms with Crippen LogP contribution in [-0.4, -0.2) is 32.8 Å². The first kappa shape index (κ1) is 15.3. The summed E-state index contributed by atoms with van der Waals surface area (Å²) in [6.07, 6.45) is 10.6. The van der Waals surface area contributed by atoms with Gasteiger partial charge in [0.15, 0.2) is 0 Å². The summed E-state index contributed by atoms with van der Waals surface area (Å²) in [4.78, 5) is 0. The molecule has 19 heavy (non-hydrogen) atoms. The van der Waals surface area contributed by atoms with Gasteiger partial charge in [0.1, 0.15) is 0 Å². The highest BCUT2D eigenvalue weighted by Gasteiger charge is 2.46. The number of hydrogen-bond acceptors (Lipinski definition) is 3. The molecule has 0 aromatic carbocycles. The zero-order valence-electron chi connectivity index (χ0n) is 12.5. The van der Waals surface area contributed by atoms with Crippen molar-refractivity contribution in [3.8, 4) is 0 Å². The van der Waals surface area contributed by atoms with E-state index in [0.29, 0.717) is 18.0 Å². The van der Waals surface area contributed by atoms with Gasteiger partial charge in [-0.1, -0.05) is 19.3 Å². The zero-order valence-corrected chi connectivity index (χ0v) is 13.3. The van der Waals surface area contributed by atoms with Crippen molar-refractivity contribution < 1.29 is 8.42 Å². The minimum absolute atomic E-state index is 0.418. The molecule has 0 bridgehead atoms. The van der Waals surface area contributed by atoms with E-state index in [0.717, 1.165) is 0 Å². The normalized spacial score (nSPS) is 27.2. The summed E-state index contributed by atoms with van der Waals surface area (Å²) >= 11 is 0. The Labute approximate surface area is 117 Å². The molecule has 112 valence electrons. The lowest BCUT2D eigenvalue weighted by Crippen LogP contribution is -2.59. The maximum Gasteiger partial charge on any atom is 0.209 e. The largest absolute Gasteiger partial charge is 0.312 e. The fraction of sp³-hybridized carbons (Fsp3) is 1.00. The summed E-state index contributed by atoms with van der Waals surface area (Å²) in [7, 11) is -3.14. The SMILES string of the molecule is CC(C)(CNC1CCC12CCCCC2)NS(C)(=O)=O. The third kappa shape index (κ3) is 3.92. The highest BCUT2D eigenvalue weighted by atomic mass is 32.2. The van der Waals surface area contributed by atoms with Crippen molar-refractivity contribution >= 4 is 10.0 Å². The first-order valence-electron chi connectivity index (χ1n) is 7.45. The zero-order chi connectivity index (χ0) is 14.1. The second-order valence-electron chi connectivity index (χ2n) is 7.15. The van der Waals surface area contributed by atoms with Crippen molar-refractivity contribution in [2.75, 3.05) is 12.8 Å². The van der Waals surface area contributed by atoms with Gasteiger partial charge >= 0.3 is 0 Å². The van der Waals surface area contributed by atoms with E-state index in [-0.39, 0.29) is 0 Å². The lowest BCUT2D eigenvalue weighted by molar-refractivity contribution is 0.0205. The van der Waals surface area contributed by atoms with Crippen LogP contribution >= 0.6 is 0 Å². The highest BCUT2D eigenvalue weighted by molar-refractivity contribution is 7.88. The van der Waals surface area contributed by atoms with E-state index >= 15 is 0 Å². The topological polar surface area (TPSA) is 58.2 Å². The van der Waals surface area contributed by atoms with Crippen LogP contribution in [0.15, 0.2) is 0 Å². The van der Waals surface area contributed by atoms with Crippen LogP contribution in [0.1, 0.15) is 58.8 Å². The van der Waals surface area contributed by atoms with Gasteiger partial charge in [-0.2, -0.15) is 0 Å². The Morgan fingerprint density at radius 1 is 1.16 bits per heavy atom. The van der Waals surface area contributed by atoms with E-state index in [1.165, 1.54) is 51.2 Å². The molecule has 0 amide bonds. The van der Waals surface area contributed by atoms with Crippen LogP contribution < -0.4 is 10.0 Å². The van der Waals surface area contributed by atoms with E-state index in [9.17, 15) is 8.42 Å². The van der Waals surface area contributed by atoms with Crippen LogP contribution in [0, 0.1) is 5.41 Å². The molecular formula is C14H28N2O2S. The first-order chi connectivity index (χ1) is 8.73. The molecule has 2 saturated carbocycles. The van der Waals surface area contributed by atoms with Gasteiger partial charge in [-0.25, -0.2) is 13.1 Å². The lowest BCUT2D eigenvalue weighted by atomic mass is 9.57. The molecule has 0 saturated heterocycles. The fourth-order valence-electron chi connectivity index (χ4n) is 3.79. The Morgan fingerprint density at radius 3 is 2.26 bits per heavy atom. The molecule has 0 aliphatic heterocycles. The number of hydrogen-bond donors (Lipinski definition) is 2. The fourth-order valence-corrected chi connectivity index (χ4v) is 4.86. The number of nitrogens with one attached hydrogen (secondary N) is 2. The summed E-state index contributed by atoms with van der Waals surface area (Å²) < 4.78 is 25.4. The van der Waals surface area contributed by atoms with E-state index in [1.807, 2.05) is 13.8 Å². The predicted octanol–water partition coefficient (Wildman–Crippen LogP) is 2.02. The van der Waals surface area contributed by atoms with Crippen LogP contribution in [0.25, 0.3) is 0 Å². The molecular weight excluding hydrogens is 260 g/mol. The van der Waals surface area contributed by atoms with Gasteiger partial charge < -0.3 is 5.32 Å². The van der Waals surface area contributed by atoms with Crippen LogP contribution in [0.5, 0.6) is 0 Å². The van der Waals surface area contributed by atoms with Crippen LogP contribution in [0.4, 0.5) is 0 Å². The Bertz CT molecular complexity index is 411. The number of rotatable bonds is 5. The summed E-state index contributed by atoms with van der Waals surface area (Å²) in [5, 5.41) is 3.62. The van der Waals surface area contributed by atoms with Gasteiger partial charge in [0, 0.05) is 18.1 Å². The third-order valence-electron chi connectivity index (χ3n) is 4.77. The second-order valence-corrected chi connectivity index (χ2v) is 8.90. The molecule has 0 heterocycles. The molecule has 1 unspecified atom stereocenters. The van der Waals surface area contributed by atoms with Crippen molar-refractivity contribution in [1.82, 2.24) is 10.0 Å². The Hall–Kier alpha value is -0.130. The molecule has 1 spiro atoms. The van der Waals surface area contributed by atoms with E-state index < -0.39 is 15.6 Å². The van der Waals surface area contributed by atoms with Crippen LogP contribution in [0.3, 0.4) is 0 Å². The third-order valence-corrected chi connectivity index (χ3v) is 5.69. The van der Waals surface area contributed by atoms with Crippen molar-refractivity contribution in [3.63, 3.8) is 0 Å².